The summed E-state index contributed by atoms with van der Waals surface area (Å²) in [5.41, 5.74) is 8.20. The molecule has 2 aromatic carbocycles. The molecule has 126 valence electrons. The van der Waals surface area contributed by atoms with Gasteiger partial charge in [-0.1, -0.05) is 29.6 Å². The molecule has 0 saturated heterocycles. The van der Waals surface area contributed by atoms with Gasteiger partial charge >= 0.3 is 0 Å². The second-order valence-corrected chi connectivity index (χ2v) is 7.65. The Labute approximate surface area is 151 Å². The van der Waals surface area contributed by atoms with Crippen molar-refractivity contribution in [1.82, 2.24) is 0 Å². The second-order valence-electron chi connectivity index (χ2n) is 4.69. The Morgan fingerprint density at radius 1 is 1.00 bits per heavy atom. The third-order valence-corrected chi connectivity index (χ3v) is 5.61. The molecule has 8 heteroatoms. The smallest absolute Gasteiger partial charge is 0.151 e. The van der Waals surface area contributed by atoms with Crippen LogP contribution >= 0.6 is 35.3 Å². The number of hydrogen-bond donors (Lipinski definition) is 3. The fraction of sp³-hybridized carbons (Fsp3) is 0.125. The van der Waals surface area contributed by atoms with Crippen LogP contribution in [-0.2, 0) is 11.5 Å². The Hall–Kier alpha value is -1.51. The Morgan fingerprint density at radius 3 is 2.42 bits per heavy atom. The van der Waals surface area contributed by atoms with Crippen molar-refractivity contribution in [3.63, 3.8) is 0 Å². The van der Waals surface area contributed by atoms with Gasteiger partial charge in [0.15, 0.2) is 5.17 Å². The molecule has 0 aliphatic rings. The summed E-state index contributed by atoms with van der Waals surface area (Å²) < 4.78 is 27.1. The summed E-state index contributed by atoms with van der Waals surface area (Å²) in [7, 11) is 0. The first-order chi connectivity index (χ1) is 11.5. The van der Waals surface area contributed by atoms with Crippen molar-refractivity contribution in [1.29, 1.82) is 10.8 Å². The molecular weight excluding hydrogens is 368 g/mol. The average Bonchev–Trinajstić information content (AvgIpc) is 2.54. The topological polar surface area (TPSA) is 73.7 Å². The molecule has 0 spiro atoms. The molecule has 24 heavy (non-hydrogen) atoms. The molecule has 2 rings (SSSR count). The minimum absolute atomic E-state index is 0.0379. The molecular formula is C16H15F2N3S3. The van der Waals surface area contributed by atoms with Crippen LogP contribution in [0.2, 0.25) is 0 Å². The van der Waals surface area contributed by atoms with E-state index in [0.717, 1.165) is 27.1 Å². The molecule has 0 atom stereocenters. The van der Waals surface area contributed by atoms with E-state index in [4.69, 9.17) is 16.6 Å². The number of nitrogens with one attached hydrogen (secondary N) is 2. The molecule has 0 radical (unpaired) electrons. The highest BCUT2D eigenvalue weighted by Gasteiger charge is 2.11. The van der Waals surface area contributed by atoms with Crippen molar-refractivity contribution in [3.05, 3.63) is 59.2 Å². The lowest BCUT2D eigenvalue weighted by molar-refractivity contribution is 0.622. The van der Waals surface area contributed by atoms with Crippen LogP contribution in [0.25, 0.3) is 0 Å². The molecule has 0 bridgehead atoms. The van der Waals surface area contributed by atoms with Crippen LogP contribution in [0.15, 0.2) is 46.2 Å². The average molecular weight is 384 g/mol. The van der Waals surface area contributed by atoms with E-state index in [2.05, 4.69) is 0 Å². The van der Waals surface area contributed by atoms with Gasteiger partial charge in [-0.3, -0.25) is 5.41 Å². The van der Waals surface area contributed by atoms with Crippen LogP contribution in [0.3, 0.4) is 0 Å². The summed E-state index contributed by atoms with van der Waals surface area (Å²) in [6.45, 7) is 0. The van der Waals surface area contributed by atoms with Crippen LogP contribution < -0.4 is 5.73 Å². The lowest BCUT2D eigenvalue weighted by atomic mass is 10.2. The fourth-order valence-corrected chi connectivity index (χ4v) is 4.23. The van der Waals surface area contributed by atoms with E-state index >= 15 is 0 Å². The molecule has 0 fully saturated rings. The Kier molecular flexibility index (Phi) is 7.14. The zero-order valence-corrected chi connectivity index (χ0v) is 15.0. The van der Waals surface area contributed by atoms with Gasteiger partial charge in [0.25, 0.3) is 0 Å². The quantitative estimate of drug-likeness (QED) is 0.460. The number of benzene rings is 2. The fourth-order valence-electron chi connectivity index (χ4n) is 1.91. The number of nitrogens with two attached hydrogens (primary N) is 1. The highest BCUT2D eigenvalue weighted by molar-refractivity contribution is 8.13. The zero-order valence-electron chi connectivity index (χ0n) is 12.5. The number of amidine groups is 1. The van der Waals surface area contributed by atoms with Crippen LogP contribution in [0.5, 0.6) is 0 Å². The van der Waals surface area contributed by atoms with E-state index in [9.17, 15) is 8.78 Å². The number of hydrogen-bond acceptors (Lipinski definition) is 5. The molecule has 0 aromatic heterocycles. The van der Waals surface area contributed by atoms with E-state index in [1.54, 1.807) is 12.1 Å². The van der Waals surface area contributed by atoms with Crippen molar-refractivity contribution in [2.75, 3.05) is 0 Å². The third-order valence-electron chi connectivity index (χ3n) is 2.98. The third kappa shape index (κ3) is 5.54. The van der Waals surface area contributed by atoms with Crippen molar-refractivity contribution in [2.24, 2.45) is 5.73 Å². The minimum Gasteiger partial charge on any atom is -0.379 e. The van der Waals surface area contributed by atoms with Gasteiger partial charge in [0, 0.05) is 21.3 Å². The molecule has 4 N–H and O–H groups in total. The molecule has 0 unspecified atom stereocenters. The van der Waals surface area contributed by atoms with Gasteiger partial charge in [0.05, 0.1) is 5.55 Å². The Bertz CT molecular complexity index is 753. The van der Waals surface area contributed by atoms with Gasteiger partial charge in [-0.05, 0) is 41.5 Å². The van der Waals surface area contributed by atoms with Crippen molar-refractivity contribution < 1.29 is 8.78 Å². The van der Waals surface area contributed by atoms with Crippen LogP contribution in [0, 0.1) is 22.5 Å². The van der Waals surface area contributed by atoms with Gasteiger partial charge in [-0.15, -0.1) is 11.8 Å². The van der Waals surface area contributed by atoms with Crippen LogP contribution in [0.1, 0.15) is 11.1 Å². The summed E-state index contributed by atoms with van der Waals surface area (Å²) in [6, 6.07) is 8.94. The maximum Gasteiger partial charge on any atom is 0.151 e. The maximum atomic E-state index is 13.6. The van der Waals surface area contributed by atoms with Gasteiger partial charge < -0.3 is 11.1 Å². The predicted octanol–water partition coefficient (Wildman–Crippen LogP) is 5.08. The number of rotatable bonds is 7. The SMILES string of the molecule is N=CSCc1ccc(F)cc1Sc1ccc(F)cc1CSC(=N)N. The van der Waals surface area contributed by atoms with Crippen molar-refractivity contribution in [3.8, 4) is 0 Å². The lowest BCUT2D eigenvalue weighted by Gasteiger charge is -2.12. The summed E-state index contributed by atoms with van der Waals surface area (Å²) in [6.07, 6.45) is 0. The summed E-state index contributed by atoms with van der Waals surface area (Å²) >= 11 is 3.77. The largest absolute Gasteiger partial charge is 0.379 e. The maximum absolute atomic E-state index is 13.6. The number of thioether (sulfide) groups is 2. The highest BCUT2D eigenvalue weighted by atomic mass is 32.2. The van der Waals surface area contributed by atoms with E-state index < -0.39 is 0 Å². The lowest BCUT2D eigenvalue weighted by Crippen LogP contribution is -2.04. The van der Waals surface area contributed by atoms with Gasteiger partial charge in [0.1, 0.15) is 11.6 Å². The van der Waals surface area contributed by atoms with E-state index in [-0.39, 0.29) is 16.8 Å². The van der Waals surface area contributed by atoms with Crippen molar-refractivity contribution >= 4 is 46.0 Å². The molecule has 0 saturated carbocycles. The van der Waals surface area contributed by atoms with Gasteiger partial charge in [-0.25, -0.2) is 8.78 Å². The van der Waals surface area contributed by atoms with Gasteiger partial charge in [0.2, 0.25) is 0 Å². The predicted molar refractivity (Wildman–Crippen MR) is 100 cm³/mol. The van der Waals surface area contributed by atoms with Crippen LogP contribution in [-0.4, -0.2) is 10.7 Å². The summed E-state index contributed by atoms with van der Waals surface area (Å²) in [5.74, 6) is 0.223. The molecule has 0 amide bonds. The zero-order chi connectivity index (χ0) is 17.5. The highest BCUT2D eigenvalue weighted by Crippen LogP contribution is 2.36. The monoisotopic (exact) mass is 383 g/mol. The molecule has 0 heterocycles. The standard InChI is InChI=1S/C16H15F2N3S3/c17-12-3-4-14(11(5-12)8-23-16(20)21)24-15-6-13(18)2-1-10(15)7-22-9-19/h1-6,9,19H,7-8H2,(H3,20,21). The Morgan fingerprint density at radius 2 is 1.71 bits per heavy atom. The number of halogens is 2. The second kappa shape index (κ2) is 9.10. The first kappa shape index (κ1) is 18.8. The Balaban J connectivity index is 2.31. The molecule has 3 nitrogen and oxygen atoms in total. The molecule has 2 aromatic rings. The van der Waals surface area contributed by atoms with E-state index in [0.29, 0.717) is 17.1 Å². The normalized spacial score (nSPS) is 10.6. The minimum atomic E-state index is -0.364. The first-order valence-corrected chi connectivity index (χ1v) is 9.66. The summed E-state index contributed by atoms with van der Waals surface area (Å²) in [5, 5.41) is 14.4. The first-order valence-electron chi connectivity index (χ1n) is 6.81. The van der Waals surface area contributed by atoms with Crippen molar-refractivity contribution in [2.45, 2.75) is 21.3 Å². The van der Waals surface area contributed by atoms with Crippen LogP contribution in [0.4, 0.5) is 8.78 Å². The van der Waals surface area contributed by atoms with Gasteiger partial charge in [-0.2, -0.15) is 0 Å². The molecule has 0 aliphatic heterocycles. The molecule has 0 aliphatic carbocycles. The van der Waals surface area contributed by atoms with E-state index in [1.807, 2.05) is 0 Å². The summed E-state index contributed by atoms with van der Waals surface area (Å²) in [4.78, 5) is 1.52. The van der Waals surface area contributed by atoms with E-state index in [1.165, 1.54) is 53.3 Å².